The smallest absolute Gasteiger partial charge is 0.326 e. The van der Waals surface area contributed by atoms with Crippen molar-refractivity contribution in [3.8, 4) is 0 Å². The molecule has 0 saturated carbocycles. The Morgan fingerprint density at radius 1 is 1.14 bits per heavy atom. The molecular weight excluding hydrogens is 476 g/mol. The van der Waals surface area contributed by atoms with E-state index >= 15 is 0 Å². The molecule has 0 bridgehead atoms. The number of carboxylic acids is 1. The van der Waals surface area contributed by atoms with E-state index < -0.39 is 47.9 Å². The van der Waals surface area contributed by atoms with E-state index in [9.17, 15) is 24.3 Å². The number of carbonyl (C=O) groups is 4. The summed E-state index contributed by atoms with van der Waals surface area (Å²) >= 11 is 0. The first-order valence-electron chi connectivity index (χ1n) is 12.6. The van der Waals surface area contributed by atoms with E-state index in [1.807, 2.05) is 44.2 Å². The number of nitrogens with one attached hydrogen (secondary N) is 3. The van der Waals surface area contributed by atoms with Crippen LogP contribution in [0.4, 0.5) is 0 Å². The van der Waals surface area contributed by atoms with Crippen LogP contribution in [0.5, 0.6) is 0 Å². The minimum absolute atomic E-state index is 0.0687. The number of aliphatic carboxylic acids is 1. The van der Waals surface area contributed by atoms with Crippen molar-refractivity contribution in [2.24, 2.45) is 11.7 Å². The zero-order chi connectivity index (χ0) is 26.9. The Hall–Kier alpha value is -3.73. The molecule has 3 amide bonds. The number of imidazole rings is 1. The molecular formula is C26H36N6O5. The molecule has 2 heterocycles. The molecule has 37 heavy (non-hydrogen) atoms. The lowest BCUT2D eigenvalue weighted by Gasteiger charge is -2.30. The molecule has 11 nitrogen and oxygen atoms in total. The van der Waals surface area contributed by atoms with E-state index in [4.69, 9.17) is 5.73 Å². The number of likely N-dealkylation sites (tertiary alicyclic amines) is 1. The van der Waals surface area contributed by atoms with Gasteiger partial charge < -0.3 is 31.4 Å². The van der Waals surface area contributed by atoms with Crippen LogP contribution in [-0.4, -0.2) is 74.4 Å². The number of carbonyl (C=O) groups excluding carboxylic acids is 3. The molecule has 200 valence electrons. The van der Waals surface area contributed by atoms with Crippen molar-refractivity contribution < 1.29 is 24.3 Å². The average Bonchev–Trinajstić information content (AvgIpc) is 3.55. The van der Waals surface area contributed by atoms with Crippen LogP contribution >= 0.6 is 0 Å². The van der Waals surface area contributed by atoms with Gasteiger partial charge in [-0.1, -0.05) is 44.2 Å². The first-order valence-corrected chi connectivity index (χ1v) is 12.6. The van der Waals surface area contributed by atoms with Gasteiger partial charge in [0, 0.05) is 31.3 Å². The van der Waals surface area contributed by atoms with E-state index in [0.29, 0.717) is 25.1 Å². The molecule has 1 fully saturated rings. The second-order valence-electron chi connectivity index (χ2n) is 9.86. The number of carboxylic acid groups (broad SMARTS) is 1. The summed E-state index contributed by atoms with van der Waals surface area (Å²) in [5.74, 6) is -2.44. The molecule has 1 saturated heterocycles. The summed E-state index contributed by atoms with van der Waals surface area (Å²) in [4.78, 5) is 59.6. The predicted octanol–water partition coefficient (Wildman–Crippen LogP) is 0.614. The topological polar surface area (TPSA) is 171 Å². The Morgan fingerprint density at radius 2 is 1.86 bits per heavy atom. The maximum Gasteiger partial charge on any atom is 0.326 e. The molecule has 2 aromatic rings. The number of nitrogens with two attached hydrogens (primary N) is 1. The second-order valence-corrected chi connectivity index (χ2v) is 9.86. The van der Waals surface area contributed by atoms with Crippen molar-refractivity contribution in [2.75, 3.05) is 6.54 Å². The van der Waals surface area contributed by atoms with Gasteiger partial charge in [-0.15, -0.1) is 0 Å². The Labute approximate surface area is 216 Å². The van der Waals surface area contributed by atoms with Crippen molar-refractivity contribution in [2.45, 2.75) is 70.1 Å². The van der Waals surface area contributed by atoms with Gasteiger partial charge >= 0.3 is 5.97 Å². The van der Waals surface area contributed by atoms with E-state index in [-0.39, 0.29) is 25.2 Å². The standard InChI is InChI=1S/C26H36N6O5/c1-16(2)11-21(26(36)37)31-24(34)22-9-6-10-32(22)25(35)20(12-17-7-4-3-5-8-17)30-23(33)19(27)13-18-14-28-15-29-18/h3-5,7-8,14-16,19-22H,6,9-13,27H2,1-2H3,(H,28,29)(H,30,33)(H,31,34)(H,36,37). The van der Waals surface area contributed by atoms with Crippen LogP contribution in [0.15, 0.2) is 42.9 Å². The van der Waals surface area contributed by atoms with E-state index in [1.165, 1.54) is 11.2 Å². The van der Waals surface area contributed by atoms with Crippen LogP contribution in [0.3, 0.4) is 0 Å². The molecule has 11 heteroatoms. The molecule has 1 aliphatic rings. The van der Waals surface area contributed by atoms with Crippen LogP contribution in [0.2, 0.25) is 0 Å². The number of nitrogens with zero attached hydrogens (tertiary/aromatic N) is 2. The zero-order valence-corrected chi connectivity index (χ0v) is 21.2. The van der Waals surface area contributed by atoms with Gasteiger partial charge in [-0.25, -0.2) is 9.78 Å². The summed E-state index contributed by atoms with van der Waals surface area (Å²) in [5.41, 5.74) is 7.63. The molecule has 1 aliphatic heterocycles. The van der Waals surface area contributed by atoms with Crippen LogP contribution < -0.4 is 16.4 Å². The third-order valence-electron chi connectivity index (χ3n) is 6.39. The minimum Gasteiger partial charge on any atom is -0.480 e. The molecule has 3 rings (SSSR count). The minimum atomic E-state index is -1.11. The highest BCUT2D eigenvalue weighted by Gasteiger charge is 2.39. The molecule has 4 atom stereocenters. The Balaban J connectivity index is 1.75. The lowest BCUT2D eigenvalue weighted by atomic mass is 10.0. The normalized spacial score (nSPS) is 17.7. The fourth-order valence-electron chi connectivity index (χ4n) is 4.52. The number of aromatic amines is 1. The Bertz CT molecular complexity index is 1060. The number of aromatic nitrogens is 2. The third kappa shape index (κ3) is 7.88. The third-order valence-corrected chi connectivity index (χ3v) is 6.39. The van der Waals surface area contributed by atoms with Gasteiger partial charge in [0.25, 0.3) is 0 Å². The van der Waals surface area contributed by atoms with Crippen LogP contribution in [0, 0.1) is 5.92 Å². The zero-order valence-electron chi connectivity index (χ0n) is 21.2. The van der Waals surface area contributed by atoms with Crippen LogP contribution in [-0.2, 0) is 32.0 Å². The Morgan fingerprint density at radius 3 is 2.49 bits per heavy atom. The average molecular weight is 513 g/mol. The van der Waals surface area contributed by atoms with Crippen molar-refractivity contribution in [1.82, 2.24) is 25.5 Å². The first-order chi connectivity index (χ1) is 17.7. The van der Waals surface area contributed by atoms with Crippen molar-refractivity contribution in [3.63, 3.8) is 0 Å². The quantitative estimate of drug-likeness (QED) is 0.277. The highest BCUT2D eigenvalue weighted by molar-refractivity contribution is 5.94. The molecule has 4 unspecified atom stereocenters. The predicted molar refractivity (Wildman–Crippen MR) is 136 cm³/mol. The van der Waals surface area contributed by atoms with Gasteiger partial charge in [-0.2, -0.15) is 0 Å². The van der Waals surface area contributed by atoms with Gasteiger partial charge in [-0.05, 0) is 30.7 Å². The molecule has 0 aliphatic carbocycles. The number of rotatable bonds is 12. The van der Waals surface area contributed by atoms with Crippen molar-refractivity contribution in [3.05, 3.63) is 54.1 Å². The number of hydrogen-bond acceptors (Lipinski definition) is 6. The van der Waals surface area contributed by atoms with Gasteiger partial charge in [0.05, 0.1) is 12.4 Å². The summed E-state index contributed by atoms with van der Waals surface area (Å²) in [6, 6.07) is 5.56. The highest BCUT2D eigenvalue weighted by atomic mass is 16.4. The molecule has 0 spiro atoms. The van der Waals surface area contributed by atoms with Gasteiger partial charge in [0.2, 0.25) is 17.7 Å². The summed E-state index contributed by atoms with van der Waals surface area (Å²) in [5, 5.41) is 14.9. The molecule has 0 radical (unpaired) electrons. The van der Waals surface area contributed by atoms with E-state index in [1.54, 1.807) is 6.20 Å². The molecule has 1 aromatic carbocycles. The largest absolute Gasteiger partial charge is 0.480 e. The van der Waals surface area contributed by atoms with Gasteiger partial charge in [-0.3, -0.25) is 14.4 Å². The van der Waals surface area contributed by atoms with Crippen LogP contribution in [0.1, 0.15) is 44.4 Å². The first kappa shape index (κ1) is 27.9. The van der Waals surface area contributed by atoms with Crippen LogP contribution in [0.25, 0.3) is 0 Å². The van der Waals surface area contributed by atoms with Crippen molar-refractivity contribution >= 4 is 23.7 Å². The molecule has 6 N–H and O–H groups in total. The summed E-state index contributed by atoms with van der Waals surface area (Å²) in [6.45, 7) is 4.09. The number of H-pyrrole nitrogens is 1. The summed E-state index contributed by atoms with van der Waals surface area (Å²) < 4.78 is 0. The van der Waals surface area contributed by atoms with E-state index in [2.05, 4.69) is 20.6 Å². The number of hydrogen-bond donors (Lipinski definition) is 5. The lowest BCUT2D eigenvalue weighted by molar-refractivity contribution is -0.145. The maximum absolute atomic E-state index is 13.7. The molecule has 1 aromatic heterocycles. The maximum atomic E-state index is 13.7. The van der Waals surface area contributed by atoms with E-state index in [0.717, 1.165) is 5.56 Å². The Kier molecular flexibility index (Phi) is 9.78. The van der Waals surface area contributed by atoms with Gasteiger partial charge in [0.15, 0.2) is 0 Å². The number of amides is 3. The lowest BCUT2D eigenvalue weighted by Crippen LogP contribution is -2.57. The fraction of sp³-hybridized carbons (Fsp3) is 0.500. The number of benzene rings is 1. The second kappa shape index (κ2) is 13.0. The monoisotopic (exact) mass is 512 g/mol. The highest BCUT2D eigenvalue weighted by Crippen LogP contribution is 2.20. The summed E-state index contributed by atoms with van der Waals surface area (Å²) in [6.07, 6.45) is 4.81. The van der Waals surface area contributed by atoms with Gasteiger partial charge in [0.1, 0.15) is 18.1 Å². The summed E-state index contributed by atoms with van der Waals surface area (Å²) in [7, 11) is 0. The van der Waals surface area contributed by atoms with Crippen molar-refractivity contribution in [1.29, 1.82) is 0 Å². The SMILES string of the molecule is CC(C)CC(NC(=O)C1CCCN1C(=O)C(Cc1ccccc1)NC(=O)C(N)Cc1cnc[nH]1)C(=O)O. The fourth-order valence-corrected chi connectivity index (χ4v) is 4.52.